The Labute approximate surface area is 166 Å². The van der Waals surface area contributed by atoms with Crippen molar-refractivity contribution in [3.05, 3.63) is 58.4 Å². The minimum atomic E-state index is -4.66. The Morgan fingerprint density at radius 2 is 1.86 bits per heavy atom. The van der Waals surface area contributed by atoms with Gasteiger partial charge in [0, 0.05) is 35.6 Å². The monoisotopic (exact) mass is 426 g/mol. The number of thiazole rings is 1. The zero-order valence-corrected chi connectivity index (χ0v) is 16.0. The Hall–Kier alpha value is -3.08. The summed E-state index contributed by atoms with van der Waals surface area (Å²) in [5.74, 6) is -2.57. The maximum absolute atomic E-state index is 14.9. The number of nitrogens with one attached hydrogen (secondary N) is 1. The number of carbonyl (C=O) groups is 1. The third-order valence-corrected chi connectivity index (χ3v) is 4.74. The second-order valence-corrected chi connectivity index (χ2v) is 7.14. The number of aromatic nitrogens is 3. The first-order valence-electron chi connectivity index (χ1n) is 8.15. The largest absolute Gasteiger partial charge is 0.497 e. The molecule has 0 atom stereocenters. The molecule has 0 aliphatic rings. The molecule has 0 aliphatic heterocycles. The summed E-state index contributed by atoms with van der Waals surface area (Å²) in [6.45, 7) is 1.64. The first-order chi connectivity index (χ1) is 13.7. The smallest absolute Gasteiger partial charge is 0.451 e. The van der Waals surface area contributed by atoms with Gasteiger partial charge in [-0.3, -0.25) is 4.79 Å². The van der Waals surface area contributed by atoms with Gasteiger partial charge in [-0.2, -0.15) is 13.2 Å². The van der Waals surface area contributed by atoms with Crippen molar-refractivity contribution in [3.63, 3.8) is 0 Å². The van der Waals surface area contributed by atoms with Gasteiger partial charge in [-0.1, -0.05) is 0 Å². The molecule has 152 valence electrons. The van der Waals surface area contributed by atoms with E-state index in [1.807, 2.05) is 6.92 Å². The number of amides is 1. The first kappa shape index (κ1) is 20.6. The van der Waals surface area contributed by atoms with Gasteiger partial charge < -0.3 is 10.1 Å². The number of benzene rings is 1. The van der Waals surface area contributed by atoms with Crippen molar-refractivity contribution in [1.29, 1.82) is 0 Å². The van der Waals surface area contributed by atoms with Crippen LogP contribution in [0.3, 0.4) is 0 Å². The van der Waals surface area contributed by atoms with Crippen LogP contribution in [0.2, 0.25) is 0 Å². The zero-order chi connectivity index (χ0) is 21.2. The third-order valence-electron chi connectivity index (χ3n) is 3.79. The lowest BCUT2D eigenvalue weighted by Gasteiger charge is -2.11. The molecule has 0 fully saturated rings. The van der Waals surface area contributed by atoms with Gasteiger partial charge in [0.1, 0.15) is 16.6 Å². The van der Waals surface area contributed by atoms with Crippen molar-refractivity contribution in [3.8, 4) is 16.3 Å². The van der Waals surface area contributed by atoms with Gasteiger partial charge in [-0.05, 0) is 19.1 Å². The molecule has 3 aromatic rings. The summed E-state index contributed by atoms with van der Waals surface area (Å²) >= 11 is 1.26. The van der Waals surface area contributed by atoms with Crippen LogP contribution >= 0.6 is 11.3 Å². The summed E-state index contributed by atoms with van der Waals surface area (Å²) in [4.78, 5) is 23.9. The van der Waals surface area contributed by atoms with E-state index in [2.05, 4.69) is 20.3 Å². The minimum absolute atomic E-state index is 0.116. The molecule has 2 heterocycles. The Balaban J connectivity index is 1.81. The summed E-state index contributed by atoms with van der Waals surface area (Å²) in [5.41, 5.74) is 0.0657. The third kappa shape index (κ3) is 4.67. The number of hydrogen-bond acceptors (Lipinski definition) is 6. The molecular formula is C18H14F4N4O2S. The topological polar surface area (TPSA) is 77.0 Å². The number of alkyl halides is 3. The van der Waals surface area contributed by atoms with Crippen LogP contribution in [0.1, 0.15) is 26.6 Å². The first-order valence-corrected chi connectivity index (χ1v) is 8.97. The lowest BCUT2D eigenvalue weighted by atomic mass is 10.1. The summed E-state index contributed by atoms with van der Waals surface area (Å²) < 4.78 is 57.6. The fourth-order valence-electron chi connectivity index (χ4n) is 2.39. The number of nitrogens with zero attached hydrogens (tertiary/aromatic N) is 3. The maximum Gasteiger partial charge on any atom is 0.451 e. The molecule has 0 saturated carbocycles. The molecule has 1 amide bonds. The highest BCUT2D eigenvalue weighted by atomic mass is 32.1. The average Bonchev–Trinajstić information content (AvgIpc) is 3.12. The summed E-state index contributed by atoms with van der Waals surface area (Å²) in [6, 6.07) is 2.67. The Kier molecular flexibility index (Phi) is 5.78. The van der Waals surface area contributed by atoms with Crippen LogP contribution in [0.4, 0.5) is 17.6 Å². The molecule has 11 heteroatoms. The number of methoxy groups -OCH3 is 1. The average molecular weight is 426 g/mol. The van der Waals surface area contributed by atoms with E-state index in [1.54, 1.807) is 6.20 Å². The van der Waals surface area contributed by atoms with E-state index in [-0.39, 0.29) is 29.0 Å². The van der Waals surface area contributed by atoms with Crippen molar-refractivity contribution < 1.29 is 27.1 Å². The SMILES string of the molecule is COc1cc(C(=O)NCc2cnc(C(F)(F)F)nc2)c(F)c(-c2ncc(C)s2)c1. The van der Waals surface area contributed by atoms with Gasteiger partial charge in [0.2, 0.25) is 5.82 Å². The highest BCUT2D eigenvalue weighted by molar-refractivity contribution is 7.14. The van der Waals surface area contributed by atoms with E-state index in [9.17, 15) is 22.4 Å². The number of rotatable bonds is 5. The van der Waals surface area contributed by atoms with Crippen LogP contribution < -0.4 is 10.1 Å². The predicted octanol–water partition coefficient (Wildman–Crippen LogP) is 4.01. The summed E-state index contributed by atoms with van der Waals surface area (Å²) in [6.07, 6.45) is -1.18. The summed E-state index contributed by atoms with van der Waals surface area (Å²) in [5, 5.41) is 2.83. The lowest BCUT2D eigenvalue weighted by Crippen LogP contribution is -2.24. The molecule has 6 nitrogen and oxygen atoms in total. The molecule has 1 N–H and O–H groups in total. The molecule has 0 saturated heterocycles. The van der Waals surface area contributed by atoms with Crippen LogP contribution in [0.5, 0.6) is 5.75 Å². The van der Waals surface area contributed by atoms with Gasteiger partial charge in [0.25, 0.3) is 5.91 Å². The van der Waals surface area contributed by atoms with Crippen molar-refractivity contribution in [2.75, 3.05) is 7.11 Å². The van der Waals surface area contributed by atoms with Gasteiger partial charge in [0.05, 0.1) is 18.2 Å². The Bertz CT molecular complexity index is 1040. The van der Waals surface area contributed by atoms with Crippen LogP contribution in [-0.2, 0) is 12.7 Å². The lowest BCUT2D eigenvalue weighted by molar-refractivity contribution is -0.145. The van der Waals surface area contributed by atoms with Gasteiger partial charge in [0.15, 0.2) is 0 Å². The van der Waals surface area contributed by atoms with Crippen LogP contribution in [-0.4, -0.2) is 28.0 Å². The van der Waals surface area contributed by atoms with E-state index in [0.29, 0.717) is 5.01 Å². The summed E-state index contributed by atoms with van der Waals surface area (Å²) in [7, 11) is 1.38. The van der Waals surface area contributed by atoms with Gasteiger partial charge in [-0.25, -0.2) is 19.3 Å². The second-order valence-electron chi connectivity index (χ2n) is 5.91. The number of halogens is 4. The highest BCUT2D eigenvalue weighted by Crippen LogP contribution is 2.32. The Morgan fingerprint density at radius 3 is 2.41 bits per heavy atom. The molecule has 3 rings (SSSR count). The van der Waals surface area contributed by atoms with Crippen molar-refractivity contribution in [1.82, 2.24) is 20.3 Å². The van der Waals surface area contributed by atoms with Crippen LogP contribution in [0, 0.1) is 12.7 Å². The molecule has 0 spiro atoms. The molecule has 2 aromatic heterocycles. The highest BCUT2D eigenvalue weighted by Gasteiger charge is 2.34. The van der Waals surface area contributed by atoms with E-state index >= 15 is 0 Å². The molecule has 0 bridgehead atoms. The molecule has 0 radical (unpaired) electrons. The molecule has 1 aromatic carbocycles. The van der Waals surface area contributed by atoms with Crippen LogP contribution in [0.25, 0.3) is 10.6 Å². The van der Waals surface area contributed by atoms with Crippen LogP contribution in [0.15, 0.2) is 30.7 Å². The number of ether oxygens (including phenoxy) is 1. The standard InChI is InChI=1S/C18H14F4N4O2S/c1-9-5-24-16(29-9)13-4-11(28-2)3-12(14(13)19)15(27)23-6-10-7-25-17(26-8-10)18(20,21)22/h3-5,7-8H,6H2,1-2H3,(H,23,27). The van der Waals surface area contributed by atoms with Crippen molar-refractivity contribution in [2.45, 2.75) is 19.6 Å². The number of aryl methyl sites for hydroxylation is 1. The molecule has 0 aliphatic carbocycles. The predicted molar refractivity (Wildman–Crippen MR) is 97.0 cm³/mol. The van der Waals surface area contributed by atoms with E-state index < -0.39 is 23.7 Å². The maximum atomic E-state index is 14.9. The Morgan fingerprint density at radius 1 is 1.17 bits per heavy atom. The zero-order valence-electron chi connectivity index (χ0n) is 15.2. The van der Waals surface area contributed by atoms with Gasteiger partial charge in [-0.15, -0.1) is 11.3 Å². The van der Waals surface area contributed by atoms with E-state index in [0.717, 1.165) is 17.3 Å². The second kappa shape index (κ2) is 8.11. The van der Waals surface area contributed by atoms with E-state index in [1.165, 1.54) is 30.6 Å². The van der Waals surface area contributed by atoms with Crippen molar-refractivity contribution in [2.24, 2.45) is 0 Å². The number of carbonyl (C=O) groups excluding carboxylic acids is 1. The fraction of sp³-hybridized carbons (Fsp3) is 0.222. The molecule has 29 heavy (non-hydrogen) atoms. The fourth-order valence-corrected chi connectivity index (χ4v) is 3.16. The normalized spacial score (nSPS) is 11.4. The van der Waals surface area contributed by atoms with Crippen molar-refractivity contribution >= 4 is 17.2 Å². The minimum Gasteiger partial charge on any atom is -0.497 e. The van der Waals surface area contributed by atoms with E-state index in [4.69, 9.17) is 4.74 Å². The quantitative estimate of drug-likeness (QED) is 0.624. The van der Waals surface area contributed by atoms with Gasteiger partial charge >= 0.3 is 6.18 Å². The molecular weight excluding hydrogens is 412 g/mol. The molecule has 0 unspecified atom stereocenters. The number of hydrogen-bond donors (Lipinski definition) is 1.